The number of nitrogens with one attached hydrogen (secondary N) is 1. The number of aromatic nitrogens is 4. The maximum Gasteiger partial charge on any atom is 0.269 e. The molecule has 0 atom stereocenters. The number of hydrogen-bond donors (Lipinski definition) is 1. The van der Waals surface area contributed by atoms with Crippen molar-refractivity contribution in [1.29, 1.82) is 0 Å². The van der Waals surface area contributed by atoms with Gasteiger partial charge in [0, 0.05) is 23.2 Å². The van der Waals surface area contributed by atoms with Gasteiger partial charge in [-0.25, -0.2) is 9.97 Å². The second-order valence-corrected chi connectivity index (χ2v) is 7.81. The van der Waals surface area contributed by atoms with Crippen LogP contribution in [0.25, 0.3) is 11.3 Å². The molecule has 0 aromatic carbocycles. The summed E-state index contributed by atoms with van der Waals surface area (Å²) in [6, 6.07) is 0. The number of fused-ring (bicyclic) bond motifs is 3. The SMILES string of the molecule is Cc1nc(C)c(C(=O)Nc2nc3c(s2)CCc2c-3cnn2C)s1. The molecule has 1 amide bonds. The number of rotatable bonds is 2. The Morgan fingerprint density at radius 3 is 2.83 bits per heavy atom. The van der Waals surface area contributed by atoms with Gasteiger partial charge in [0.15, 0.2) is 5.13 Å². The van der Waals surface area contributed by atoms with Gasteiger partial charge in [0.25, 0.3) is 5.91 Å². The van der Waals surface area contributed by atoms with Gasteiger partial charge < -0.3 is 0 Å². The van der Waals surface area contributed by atoms with E-state index in [1.165, 1.54) is 21.9 Å². The summed E-state index contributed by atoms with van der Waals surface area (Å²) in [4.78, 5) is 23.2. The second kappa shape index (κ2) is 5.24. The van der Waals surface area contributed by atoms with Crippen LogP contribution in [0.3, 0.4) is 0 Å². The molecule has 0 unspecified atom stereocenters. The van der Waals surface area contributed by atoms with E-state index in [0.29, 0.717) is 10.0 Å². The third-order valence-corrected chi connectivity index (χ3v) is 6.04. The van der Waals surface area contributed by atoms with Gasteiger partial charge in [-0.1, -0.05) is 0 Å². The van der Waals surface area contributed by atoms with Crippen LogP contribution < -0.4 is 5.32 Å². The van der Waals surface area contributed by atoms with E-state index in [4.69, 9.17) is 0 Å². The second-order valence-electron chi connectivity index (χ2n) is 5.52. The van der Waals surface area contributed by atoms with Crippen molar-refractivity contribution in [3.63, 3.8) is 0 Å². The minimum Gasteiger partial charge on any atom is -0.297 e. The topological polar surface area (TPSA) is 72.7 Å². The van der Waals surface area contributed by atoms with Gasteiger partial charge in [0.05, 0.1) is 22.6 Å². The minimum absolute atomic E-state index is 0.134. The summed E-state index contributed by atoms with van der Waals surface area (Å²) >= 11 is 2.96. The Morgan fingerprint density at radius 2 is 2.09 bits per heavy atom. The summed E-state index contributed by atoms with van der Waals surface area (Å²) in [5.74, 6) is -0.134. The lowest BCUT2D eigenvalue weighted by Crippen LogP contribution is -2.11. The molecular weight excluding hydrogens is 330 g/mol. The summed E-state index contributed by atoms with van der Waals surface area (Å²) in [7, 11) is 1.95. The summed E-state index contributed by atoms with van der Waals surface area (Å²) in [6.45, 7) is 3.76. The number of nitrogens with zero attached hydrogens (tertiary/aromatic N) is 4. The summed E-state index contributed by atoms with van der Waals surface area (Å²) in [5, 5.41) is 8.77. The van der Waals surface area contributed by atoms with Crippen LogP contribution in [0, 0.1) is 13.8 Å². The van der Waals surface area contributed by atoms with Crippen molar-refractivity contribution in [2.24, 2.45) is 7.05 Å². The van der Waals surface area contributed by atoms with Crippen LogP contribution in [0.1, 0.15) is 30.9 Å². The van der Waals surface area contributed by atoms with Gasteiger partial charge in [-0.2, -0.15) is 5.10 Å². The first-order valence-electron chi connectivity index (χ1n) is 7.29. The van der Waals surface area contributed by atoms with Gasteiger partial charge in [-0.3, -0.25) is 14.8 Å². The molecular formula is C15H15N5OS2. The number of thiazole rings is 2. The van der Waals surface area contributed by atoms with Crippen molar-refractivity contribution in [2.45, 2.75) is 26.7 Å². The standard InChI is InChI=1S/C15H15N5OS2/c1-7-13(22-8(2)17-7)14(21)19-15-18-12-9-6-16-20(3)10(9)4-5-11(12)23-15/h6H,4-5H2,1-3H3,(H,18,19,21). The number of carbonyl (C=O) groups is 1. The predicted molar refractivity (Wildman–Crippen MR) is 91.3 cm³/mol. The normalized spacial score (nSPS) is 12.8. The van der Waals surface area contributed by atoms with E-state index in [-0.39, 0.29) is 5.91 Å². The molecule has 0 aliphatic heterocycles. The van der Waals surface area contributed by atoms with Gasteiger partial charge in [0.1, 0.15) is 4.88 Å². The lowest BCUT2D eigenvalue weighted by atomic mass is 10.0. The minimum atomic E-state index is -0.134. The van der Waals surface area contributed by atoms with Crippen LogP contribution in [0.4, 0.5) is 5.13 Å². The molecule has 0 spiro atoms. The zero-order chi connectivity index (χ0) is 16.1. The van der Waals surface area contributed by atoms with Crippen molar-refractivity contribution >= 4 is 33.7 Å². The number of anilines is 1. The Kier molecular flexibility index (Phi) is 3.31. The quantitative estimate of drug-likeness (QED) is 0.775. The first-order chi connectivity index (χ1) is 11.0. The Labute approximate surface area is 141 Å². The van der Waals surface area contributed by atoms with Crippen molar-refractivity contribution in [3.8, 4) is 11.3 Å². The summed E-state index contributed by atoms with van der Waals surface area (Å²) in [5.41, 5.74) is 4.00. The highest BCUT2D eigenvalue weighted by Crippen LogP contribution is 2.38. The lowest BCUT2D eigenvalue weighted by Gasteiger charge is -2.10. The fraction of sp³-hybridized carbons (Fsp3) is 0.333. The predicted octanol–water partition coefficient (Wildman–Crippen LogP) is 2.97. The number of amides is 1. The van der Waals surface area contributed by atoms with Gasteiger partial charge >= 0.3 is 0 Å². The van der Waals surface area contributed by atoms with Crippen LogP contribution in [0.15, 0.2) is 6.20 Å². The van der Waals surface area contributed by atoms with Crippen molar-refractivity contribution in [3.05, 3.63) is 32.3 Å². The molecule has 1 N–H and O–H groups in total. The molecule has 0 saturated heterocycles. The molecule has 118 valence electrons. The molecule has 3 heterocycles. The first kappa shape index (κ1) is 14.5. The molecule has 4 rings (SSSR count). The van der Waals surface area contributed by atoms with E-state index in [2.05, 4.69) is 20.4 Å². The van der Waals surface area contributed by atoms with Crippen molar-refractivity contribution in [1.82, 2.24) is 19.7 Å². The van der Waals surface area contributed by atoms with Gasteiger partial charge in [-0.05, 0) is 26.7 Å². The van der Waals surface area contributed by atoms with Crippen LogP contribution in [-0.4, -0.2) is 25.7 Å². The van der Waals surface area contributed by atoms with Crippen LogP contribution in [0.2, 0.25) is 0 Å². The summed E-state index contributed by atoms with van der Waals surface area (Å²) in [6.07, 6.45) is 3.75. The van der Waals surface area contributed by atoms with E-state index in [1.54, 1.807) is 11.3 Å². The van der Waals surface area contributed by atoms with Gasteiger partial charge in [-0.15, -0.1) is 22.7 Å². The molecule has 1 aliphatic carbocycles. The Balaban J connectivity index is 1.64. The first-order valence-corrected chi connectivity index (χ1v) is 8.92. The Morgan fingerprint density at radius 1 is 1.26 bits per heavy atom. The molecule has 6 nitrogen and oxygen atoms in total. The van der Waals surface area contributed by atoms with E-state index < -0.39 is 0 Å². The zero-order valence-electron chi connectivity index (χ0n) is 13.0. The largest absolute Gasteiger partial charge is 0.297 e. The van der Waals surface area contributed by atoms with Crippen LogP contribution in [0.5, 0.6) is 0 Å². The average Bonchev–Trinajstić information content (AvgIpc) is 3.16. The summed E-state index contributed by atoms with van der Waals surface area (Å²) < 4.78 is 1.90. The maximum absolute atomic E-state index is 12.4. The fourth-order valence-corrected chi connectivity index (χ4v) is 4.66. The zero-order valence-corrected chi connectivity index (χ0v) is 14.6. The molecule has 0 fully saturated rings. The molecule has 3 aromatic rings. The Hall–Kier alpha value is -2.06. The van der Waals surface area contributed by atoms with Crippen molar-refractivity contribution in [2.75, 3.05) is 5.32 Å². The molecule has 3 aromatic heterocycles. The van der Waals surface area contributed by atoms with Crippen LogP contribution in [-0.2, 0) is 19.9 Å². The third-order valence-electron chi connectivity index (χ3n) is 3.93. The molecule has 0 saturated carbocycles. The highest BCUT2D eigenvalue weighted by atomic mass is 32.1. The number of carbonyl (C=O) groups excluding carboxylic acids is 1. The molecule has 0 radical (unpaired) electrons. The van der Waals surface area contributed by atoms with E-state index in [9.17, 15) is 4.79 Å². The number of aryl methyl sites for hydroxylation is 4. The molecule has 0 bridgehead atoms. The van der Waals surface area contributed by atoms with E-state index in [0.717, 1.165) is 34.8 Å². The molecule has 8 heteroatoms. The molecule has 1 aliphatic rings. The average molecular weight is 345 g/mol. The highest BCUT2D eigenvalue weighted by Gasteiger charge is 2.25. The smallest absolute Gasteiger partial charge is 0.269 e. The fourth-order valence-electron chi connectivity index (χ4n) is 2.87. The van der Waals surface area contributed by atoms with Crippen LogP contribution >= 0.6 is 22.7 Å². The monoisotopic (exact) mass is 345 g/mol. The Bertz CT molecular complexity index is 921. The third kappa shape index (κ3) is 2.38. The van der Waals surface area contributed by atoms with E-state index in [1.807, 2.05) is 31.8 Å². The lowest BCUT2D eigenvalue weighted by molar-refractivity contribution is 0.103. The molecule has 23 heavy (non-hydrogen) atoms. The van der Waals surface area contributed by atoms with Gasteiger partial charge in [0.2, 0.25) is 0 Å². The highest BCUT2D eigenvalue weighted by molar-refractivity contribution is 7.16. The number of hydrogen-bond acceptors (Lipinski definition) is 6. The van der Waals surface area contributed by atoms with E-state index >= 15 is 0 Å². The van der Waals surface area contributed by atoms with Crippen molar-refractivity contribution < 1.29 is 4.79 Å². The maximum atomic E-state index is 12.4.